The third kappa shape index (κ3) is 5.15. The van der Waals surface area contributed by atoms with Crippen molar-refractivity contribution >= 4 is 5.82 Å². The number of hydrogen-bond donors (Lipinski definition) is 1. The minimum absolute atomic E-state index is 0.633. The van der Waals surface area contributed by atoms with Gasteiger partial charge in [0.1, 0.15) is 5.82 Å². The Morgan fingerprint density at radius 1 is 1.16 bits per heavy atom. The van der Waals surface area contributed by atoms with E-state index in [4.69, 9.17) is 0 Å². The summed E-state index contributed by atoms with van der Waals surface area (Å²) in [6.45, 7) is 11.1. The van der Waals surface area contributed by atoms with Gasteiger partial charge in [0, 0.05) is 26.2 Å². The lowest BCUT2D eigenvalue weighted by Crippen LogP contribution is -2.37. The normalized spacial score (nSPS) is 11.6. The standard InChI is InChI=1S/C15H28N4/c1-6-14(7-2)19(10-12(3)4)11-13-8-18-15(16-5)9-17-13/h8-9,12,14H,6-7,10-11H2,1-5H3,(H,16,18). The summed E-state index contributed by atoms with van der Waals surface area (Å²) in [5.74, 6) is 1.49. The highest BCUT2D eigenvalue weighted by Crippen LogP contribution is 2.14. The van der Waals surface area contributed by atoms with Crippen LogP contribution < -0.4 is 5.32 Å². The highest BCUT2D eigenvalue weighted by Gasteiger charge is 2.17. The van der Waals surface area contributed by atoms with Gasteiger partial charge in [0.25, 0.3) is 0 Å². The van der Waals surface area contributed by atoms with E-state index in [1.165, 1.54) is 12.8 Å². The second kappa shape index (κ2) is 8.10. The second-order valence-electron chi connectivity index (χ2n) is 5.44. The van der Waals surface area contributed by atoms with E-state index in [1.54, 1.807) is 6.20 Å². The number of anilines is 1. The summed E-state index contributed by atoms with van der Waals surface area (Å²) in [6.07, 6.45) is 6.05. The Labute approximate surface area is 117 Å². The van der Waals surface area contributed by atoms with E-state index < -0.39 is 0 Å². The first-order chi connectivity index (χ1) is 9.10. The molecule has 4 nitrogen and oxygen atoms in total. The maximum Gasteiger partial charge on any atom is 0.144 e. The topological polar surface area (TPSA) is 41.1 Å². The SMILES string of the molecule is CCC(CC)N(Cc1cnc(NC)cn1)CC(C)C. The molecule has 1 heterocycles. The Bertz CT molecular complexity index is 344. The molecule has 1 aromatic heterocycles. The predicted molar refractivity (Wildman–Crippen MR) is 81.2 cm³/mol. The molecule has 1 aromatic rings. The van der Waals surface area contributed by atoms with Crippen LogP contribution in [0.25, 0.3) is 0 Å². The first-order valence-electron chi connectivity index (χ1n) is 7.33. The van der Waals surface area contributed by atoms with Gasteiger partial charge >= 0.3 is 0 Å². The zero-order valence-electron chi connectivity index (χ0n) is 13.0. The van der Waals surface area contributed by atoms with Gasteiger partial charge in [0.05, 0.1) is 18.1 Å². The van der Waals surface area contributed by atoms with Crippen LogP contribution in [0.1, 0.15) is 46.2 Å². The molecule has 0 aliphatic rings. The molecule has 0 saturated carbocycles. The van der Waals surface area contributed by atoms with E-state index in [0.717, 1.165) is 24.6 Å². The van der Waals surface area contributed by atoms with Crippen LogP contribution in [0, 0.1) is 5.92 Å². The van der Waals surface area contributed by atoms with Gasteiger partial charge < -0.3 is 5.32 Å². The Morgan fingerprint density at radius 2 is 1.84 bits per heavy atom. The van der Waals surface area contributed by atoms with Crippen LogP contribution in [0.2, 0.25) is 0 Å². The van der Waals surface area contributed by atoms with Gasteiger partial charge in [0.15, 0.2) is 0 Å². The lowest BCUT2D eigenvalue weighted by atomic mass is 10.1. The number of nitrogens with one attached hydrogen (secondary N) is 1. The molecule has 1 N–H and O–H groups in total. The fourth-order valence-corrected chi connectivity index (χ4v) is 2.39. The largest absolute Gasteiger partial charge is 0.372 e. The lowest BCUT2D eigenvalue weighted by molar-refractivity contribution is 0.155. The molecule has 0 amide bonds. The minimum atomic E-state index is 0.633. The first kappa shape index (κ1) is 15.9. The number of nitrogens with zero attached hydrogens (tertiary/aromatic N) is 3. The van der Waals surface area contributed by atoms with Crippen LogP contribution in [0.5, 0.6) is 0 Å². The Kier molecular flexibility index (Phi) is 6.78. The summed E-state index contributed by atoms with van der Waals surface area (Å²) in [4.78, 5) is 11.4. The molecule has 19 heavy (non-hydrogen) atoms. The molecule has 0 aliphatic heterocycles. The van der Waals surface area contributed by atoms with Gasteiger partial charge in [-0.1, -0.05) is 27.7 Å². The third-order valence-electron chi connectivity index (χ3n) is 3.39. The van der Waals surface area contributed by atoms with E-state index in [9.17, 15) is 0 Å². The summed E-state index contributed by atoms with van der Waals surface area (Å²) in [5, 5.41) is 3.00. The number of aromatic nitrogens is 2. The Balaban J connectivity index is 2.74. The van der Waals surface area contributed by atoms with Gasteiger partial charge in [-0.15, -0.1) is 0 Å². The molecule has 108 valence electrons. The summed E-state index contributed by atoms with van der Waals surface area (Å²) < 4.78 is 0. The average Bonchev–Trinajstić information content (AvgIpc) is 2.40. The monoisotopic (exact) mass is 264 g/mol. The number of rotatable bonds is 8. The Hall–Kier alpha value is -1.16. The Morgan fingerprint density at radius 3 is 2.26 bits per heavy atom. The maximum absolute atomic E-state index is 4.48. The minimum Gasteiger partial charge on any atom is -0.372 e. The molecule has 4 heteroatoms. The molecule has 1 rings (SSSR count). The van der Waals surface area contributed by atoms with E-state index in [-0.39, 0.29) is 0 Å². The van der Waals surface area contributed by atoms with Crippen LogP contribution in [-0.2, 0) is 6.54 Å². The third-order valence-corrected chi connectivity index (χ3v) is 3.39. The summed E-state index contributed by atoms with van der Waals surface area (Å²) in [5.41, 5.74) is 1.05. The van der Waals surface area contributed by atoms with Crippen molar-refractivity contribution in [2.45, 2.75) is 53.1 Å². The molecular weight excluding hydrogens is 236 g/mol. The van der Waals surface area contributed by atoms with Gasteiger partial charge in [-0.05, 0) is 18.8 Å². The molecule has 0 aliphatic carbocycles. The van der Waals surface area contributed by atoms with Crippen LogP contribution in [0.4, 0.5) is 5.82 Å². The smallest absolute Gasteiger partial charge is 0.144 e. The van der Waals surface area contributed by atoms with Crippen molar-refractivity contribution in [1.29, 1.82) is 0 Å². The average molecular weight is 264 g/mol. The van der Waals surface area contributed by atoms with Crippen molar-refractivity contribution in [3.8, 4) is 0 Å². The molecule has 0 atom stereocenters. The molecule has 0 bridgehead atoms. The van der Waals surface area contributed by atoms with Crippen LogP contribution in [0.3, 0.4) is 0 Å². The van der Waals surface area contributed by atoms with Crippen molar-refractivity contribution in [2.24, 2.45) is 5.92 Å². The zero-order chi connectivity index (χ0) is 14.3. The van der Waals surface area contributed by atoms with E-state index >= 15 is 0 Å². The van der Waals surface area contributed by atoms with E-state index in [2.05, 4.69) is 47.9 Å². The molecule has 0 fully saturated rings. The van der Waals surface area contributed by atoms with E-state index in [0.29, 0.717) is 12.0 Å². The quantitative estimate of drug-likeness (QED) is 0.783. The lowest BCUT2D eigenvalue weighted by Gasteiger charge is -2.31. The summed E-state index contributed by atoms with van der Waals surface area (Å²) in [7, 11) is 1.86. The van der Waals surface area contributed by atoms with Gasteiger partial charge in [-0.25, -0.2) is 4.98 Å². The van der Waals surface area contributed by atoms with Crippen molar-refractivity contribution in [3.05, 3.63) is 18.1 Å². The predicted octanol–water partition coefficient (Wildman–Crippen LogP) is 3.16. The summed E-state index contributed by atoms with van der Waals surface area (Å²) >= 11 is 0. The second-order valence-corrected chi connectivity index (χ2v) is 5.44. The van der Waals surface area contributed by atoms with E-state index in [1.807, 2.05) is 13.2 Å². The molecule has 0 aromatic carbocycles. The molecular formula is C15H28N4. The fourth-order valence-electron chi connectivity index (χ4n) is 2.39. The molecule has 0 radical (unpaired) electrons. The fraction of sp³-hybridized carbons (Fsp3) is 0.733. The highest BCUT2D eigenvalue weighted by molar-refractivity contribution is 5.29. The van der Waals surface area contributed by atoms with Crippen LogP contribution in [-0.4, -0.2) is 34.5 Å². The molecule has 0 spiro atoms. The molecule has 0 unspecified atom stereocenters. The molecule has 0 saturated heterocycles. The summed E-state index contributed by atoms with van der Waals surface area (Å²) in [6, 6.07) is 0.633. The van der Waals surface area contributed by atoms with Crippen LogP contribution in [0.15, 0.2) is 12.4 Å². The van der Waals surface area contributed by atoms with Crippen molar-refractivity contribution in [3.63, 3.8) is 0 Å². The van der Waals surface area contributed by atoms with Gasteiger partial charge in [0.2, 0.25) is 0 Å². The van der Waals surface area contributed by atoms with Crippen molar-refractivity contribution < 1.29 is 0 Å². The van der Waals surface area contributed by atoms with Crippen LogP contribution >= 0.6 is 0 Å². The zero-order valence-corrected chi connectivity index (χ0v) is 13.0. The first-order valence-corrected chi connectivity index (χ1v) is 7.33. The van der Waals surface area contributed by atoms with Gasteiger partial charge in [-0.3, -0.25) is 9.88 Å². The van der Waals surface area contributed by atoms with Crippen molar-refractivity contribution in [2.75, 3.05) is 18.9 Å². The highest BCUT2D eigenvalue weighted by atomic mass is 15.2. The van der Waals surface area contributed by atoms with Gasteiger partial charge in [-0.2, -0.15) is 0 Å². The van der Waals surface area contributed by atoms with Crippen molar-refractivity contribution in [1.82, 2.24) is 14.9 Å². The number of hydrogen-bond acceptors (Lipinski definition) is 4. The maximum atomic E-state index is 4.48.